The Bertz CT molecular complexity index is 706. The van der Waals surface area contributed by atoms with Gasteiger partial charge in [0.25, 0.3) is 11.5 Å². The second-order valence-electron chi connectivity index (χ2n) is 4.87. The number of hydrogen-bond donors (Lipinski definition) is 2. The molecule has 1 aliphatic rings. The minimum atomic E-state index is -0.203. The van der Waals surface area contributed by atoms with E-state index in [1.165, 1.54) is 11.3 Å². The molecule has 0 aromatic carbocycles. The summed E-state index contributed by atoms with van der Waals surface area (Å²) in [5, 5.41) is 12.1. The summed E-state index contributed by atoms with van der Waals surface area (Å²) in [6, 6.07) is 1.59. The number of nitrogens with one attached hydrogen (secondary N) is 2. The van der Waals surface area contributed by atoms with Crippen LogP contribution in [-0.2, 0) is 12.8 Å². The van der Waals surface area contributed by atoms with Crippen molar-refractivity contribution in [1.82, 2.24) is 20.5 Å². The Morgan fingerprint density at radius 3 is 3.15 bits per heavy atom. The van der Waals surface area contributed by atoms with E-state index in [1.807, 2.05) is 6.92 Å². The van der Waals surface area contributed by atoms with Gasteiger partial charge in [-0.05, 0) is 31.7 Å². The molecule has 2 heterocycles. The number of aromatic amines is 1. The lowest BCUT2D eigenvalue weighted by Gasteiger charge is -2.23. The van der Waals surface area contributed by atoms with E-state index in [9.17, 15) is 9.59 Å². The molecule has 2 N–H and O–H groups in total. The maximum Gasteiger partial charge on any atom is 0.270 e. The van der Waals surface area contributed by atoms with Gasteiger partial charge in [0.05, 0.1) is 10.7 Å². The van der Waals surface area contributed by atoms with E-state index in [4.69, 9.17) is 0 Å². The summed E-state index contributed by atoms with van der Waals surface area (Å²) < 4.78 is 0. The van der Waals surface area contributed by atoms with Gasteiger partial charge in [-0.1, -0.05) is 0 Å². The van der Waals surface area contributed by atoms with Crippen molar-refractivity contribution < 1.29 is 4.79 Å². The topological polar surface area (TPSA) is 87.7 Å². The fourth-order valence-electron chi connectivity index (χ4n) is 2.39. The van der Waals surface area contributed by atoms with Gasteiger partial charge in [0.1, 0.15) is 5.69 Å². The Morgan fingerprint density at radius 2 is 2.40 bits per heavy atom. The molecule has 0 aliphatic heterocycles. The third-order valence-electron chi connectivity index (χ3n) is 3.36. The number of amides is 1. The lowest BCUT2D eigenvalue weighted by molar-refractivity contribution is 0.0929. The van der Waals surface area contributed by atoms with Crippen LogP contribution in [0.25, 0.3) is 0 Å². The molecular weight excluding hydrogens is 276 g/mol. The lowest BCUT2D eigenvalue weighted by atomic mass is 9.92. The van der Waals surface area contributed by atoms with Crippen molar-refractivity contribution in [3.8, 4) is 0 Å². The summed E-state index contributed by atoms with van der Waals surface area (Å²) in [7, 11) is 0. The van der Waals surface area contributed by atoms with E-state index >= 15 is 0 Å². The first-order chi connectivity index (χ1) is 9.61. The van der Waals surface area contributed by atoms with E-state index in [0.717, 1.165) is 29.1 Å². The maximum atomic E-state index is 12.1. The first kappa shape index (κ1) is 13.0. The third kappa shape index (κ3) is 2.62. The zero-order chi connectivity index (χ0) is 14.1. The second-order valence-corrected chi connectivity index (χ2v) is 5.93. The van der Waals surface area contributed by atoms with Crippen molar-refractivity contribution in [3.05, 3.63) is 43.8 Å². The Kier molecular flexibility index (Phi) is 3.35. The monoisotopic (exact) mass is 290 g/mol. The molecule has 0 unspecified atom stereocenters. The van der Waals surface area contributed by atoms with E-state index in [0.29, 0.717) is 12.1 Å². The average Bonchev–Trinajstić information content (AvgIpc) is 2.85. The van der Waals surface area contributed by atoms with Crippen LogP contribution >= 0.6 is 11.3 Å². The fourth-order valence-corrected chi connectivity index (χ4v) is 2.98. The Hall–Kier alpha value is -2.02. The number of nitrogens with zero attached hydrogens (tertiary/aromatic N) is 2. The average molecular weight is 290 g/mol. The number of hydrogen-bond acceptors (Lipinski definition) is 5. The summed E-state index contributed by atoms with van der Waals surface area (Å²) in [6.45, 7) is 1.87. The van der Waals surface area contributed by atoms with E-state index in [1.54, 1.807) is 11.4 Å². The Balaban J connectivity index is 1.71. The minimum Gasteiger partial charge on any atom is -0.348 e. The van der Waals surface area contributed by atoms with E-state index < -0.39 is 0 Å². The predicted molar refractivity (Wildman–Crippen MR) is 75.0 cm³/mol. The van der Waals surface area contributed by atoms with Crippen LogP contribution in [0.15, 0.2) is 16.2 Å². The molecule has 0 saturated heterocycles. The summed E-state index contributed by atoms with van der Waals surface area (Å²) in [5.74, 6) is -0.152. The van der Waals surface area contributed by atoms with Crippen LogP contribution in [0.1, 0.15) is 33.2 Å². The van der Waals surface area contributed by atoms with Crippen molar-refractivity contribution in [2.75, 3.05) is 0 Å². The molecule has 1 amide bonds. The number of fused-ring (bicyclic) bond motifs is 1. The van der Waals surface area contributed by atoms with Gasteiger partial charge in [-0.3, -0.25) is 9.59 Å². The molecule has 0 spiro atoms. The van der Waals surface area contributed by atoms with Gasteiger partial charge in [0.2, 0.25) is 0 Å². The number of rotatable bonds is 2. The summed E-state index contributed by atoms with van der Waals surface area (Å²) >= 11 is 1.46. The highest BCUT2D eigenvalue weighted by Crippen LogP contribution is 2.18. The van der Waals surface area contributed by atoms with Crippen molar-refractivity contribution in [1.29, 1.82) is 0 Å². The number of thiazole rings is 1. The first-order valence-electron chi connectivity index (χ1n) is 6.42. The zero-order valence-electron chi connectivity index (χ0n) is 11.0. The van der Waals surface area contributed by atoms with Gasteiger partial charge in [-0.15, -0.1) is 11.3 Å². The number of aromatic nitrogens is 3. The second kappa shape index (κ2) is 5.16. The lowest BCUT2D eigenvalue weighted by Crippen LogP contribution is -2.39. The van der Waals surface area contributed by atoms with Crippen molar-refractivity contribution in [2.24, 2.45) is 0 Å². The highest BCUT2D eigenvalue weighted by Gasteiger charge is 2.22. The fraction of sp³-hybridized carbons (Fsp3) is 0.385. The zero-order valence-corrected chi connectivity index (χ0v) is 11.8. The maximum absolute atomic E-state index is 12.1. The van der Waals surface area contributed by atoms with Crippen molar-refractivity contribution >= 4 is 17.2 Å². The molecule has 1 atom stereocenters. The molecule has 0 radical (unpaired) electrons. The van der Waals surface area contributed by atoms with E-state index in [-0.39, 0.29) is 17.5 Å². The van der Waals surface area contributed by atoms with Crippen LogP contribution in [-0.4, -0.2) is 27.1 Å². The first-order valence-corrected chi connectivity index (χ1v) is 7.30. The largest absolute Gasteiger partial charge is 0.348 e. The van der Waals surface area contributed by atoms with Crippen LogP contribution in [0.4, 0.5) is 0 Å². The summed E-state index contributed by atoms with van der Waals surface area (Å²) in [4.78, 5) is 27.5. The Labute approximate surface area is 119 Å². The summed E-state index contributed by atoms with van der Waals surface area (Å²) in [5.41, 5.74) is 2.09. The third-order valence-corrected chi connectivity index (χ3v) is 4.13. The number of aryl methyl sites for hydroxylation is 2. The molecule has 6 nitrogen and oxygen atoms in total. The SMILES string of the molecule is Cc1nc(C(=O)N[C@@H]2CCc3n[nH]c(=O)cc3C2)cs1. The van der Waals surface area contributed by atoms with Crippen LogP contribution < -0.4 is 10.9 Å². The Morgan fingerprint density at radius 1 is 1.55 bits per heavy atom. The number of carbonyl (C=O) groups excluding carboxylic acids is 1. The summed E-state index contributed by atoms with van der Waals surface area (Å²) in [6.07, 6.45) is 2.22. The van der Waals surface area contributed by atoms with Gasteiger partial charge < -0.3 is 5.32 Å². The van der Waals surface area contributed by atoms with Crippen LogP contribution in [0.3, 0.4) is 0 Å². The molecule has 2 aromatic rings. The minimum absolute atomic E-state index is 0.0283. The normalized spacial score (nSPS) is 17.6. The smallest absolute Gasteiger partial charge is 0.270 e. The number of H-pyrrole nitrogens is 1. The van der Waals surface area contributed by atoms with Gasteiger partial charge >= 0.3 is 0 Å². The van der Waals surface area contributed by atoms with Gasteiger partial charge in [0, 0.05) is 17.5 Å². The van der Waals surface area contributed by atoms with E-state index in [2.05, 4.69) is 20.5 Å². The molecule has 1 aliphatic carbocycles. The van der Waals surface area contributed by atoms with Gasteiger partial charge in [-0.25, -0.2) is 10.1 Å². The molecule has 0 fully saturated rings. The molecule has 0 saturated carbocycles. The highest BCUT2D eigenvalue weighted by molar-refractivity contribution is 7.09. The van der Waals surface area contributed by atoms with Gasteiger partial charge in [0.15, 0.2) is 0 Å². The van der Waals surface area contributed by atoms with Crippen molar-refractivity contribution in [2.45, 2.75) is 32.2 Å². The van der Waals surface area contributed by atoms with Gasteiger partial charge in [-0.2, -0.15) is 5.10 Å². The molecular formula is C13H14N4O2S. The molecule has 2 aromatic heterocycles. The molecule has 0 bridgehead atoms. The predicted octanol–water partition coefficient (Wildman–Crippen LogP) is 0.822. The van der Waals surface area contributed by atoms with Crippen LogP contribution in [0, 0.1) is 6.92 Å². The standard InChI is InChI=1S/C13H14N4O2S/c1-7-14-11(6-20-7)13(19)15-9-2-3-10-8(4-9)5-12(18)17-16-10/h5-6,9H,2-4H2,1H3,(H,15,19)(H,17,18)/t9-/m1/s1. The van der Waals surface area contributed by atoms with Crippen LogP contribution in [0.5, 0.6) is 0 Å². The quantitative estimate of drug-likeness (QED) is 0.857. The number of carbonyl (C=O) groups is 1. The molecule has 104 valence electrons. The van der Waals surface area contributed by atoms with Crippen LogP contribution in [0.2, 0.25) is 0 Å². The molecule has 7 heteroatoms. The van der Waals surface area contributed by atoms with Crippen molar-refractivity contribution in [3.63, 3.8) is 0 Å². The molecule has 3 rings (SSSR count). The molecule has 20 heavy (non-hydrogen) atoms. The highest BCUT2D eigenvalue weighted by atomic mass is 32.1.